The highest BCUT2D eigenvalue weighted by Gasteiger charge is 2.10. The van der Waals surface area contributed by atoms with Crippen molar-refractivity contribution in [2.45, 2.75) is 26.3 Å². The van der Waals surface area contributed by atoms with Gasteiger partial charge in [0.25, 0.3) is 0 Å². The van der Waals surface area contributed by atoms with E-state index in [-0.39, 0.29) is 0 Å². The van der Waals surface area contributed by atoms with E-state index < -0.39 is 0 Å². The molecule has 0 saturated heterocycles. The van der Waals surface area contributed by atoms with E-state index in [1.165, 1.54) is 16.7 Å². The Morgan fingerprint density at radius 3 is 3.00 bits per heavy atom. The van der Waals surface area contributed by atoms with Gasteiger partial charge in [-0.2, -0.15) is 0 Å². The number of nitrogen functional groups attached to an aromatic ring is 1. The number of nitrogens with two attached hydrogens (primary N) is 1. The minimum atomic E-state index is 0.780. The van der Waals surface area contributed by atoms with Gasteiger partial charge in [-0.15, -0.1) is 0 Å². The Balaban J connectivity index is 1.75. The van der Waals surface area contributed by atoms with E-state index in [9.17, 15) is 0 Å². The summed E-state index contributed by atoms with van der Waals surface area (Å²) in [4.78, 5) is 0. The van der Waals surface area contributed by atoms with Crippen LogP contribution in [0.5, 0.6) is 5.75 Å². The molecule has 0 aliphatic carbocycles. The fourth-order valence-electron chi connectivity index (χ4n) is 2.65. The van der Waals surface area contributed by atoms with Crippen molar-refractivity contribution in [2.75, 3.05) is 17.7 Å². The van der Waals surface area contributed by atoms with E-state index in [0.29, 0.717) is 0 Å². The zero-order valence-corrected chi connectivity index (χ0v) is 11.8. The molecule has 0 fully saturated rings. The molecule has 0 saturated carbocycles. The third-order valence-corrected chi connectivity index (χ3v) is 3.75. The molecule has 0 atom stereocenters. The predicted octanol–water partition coefficient (Wildman–Crippen LogP) is 3.51. The van der Waals surface area contributed by atoms with Crippen molar-refractivity contribution in [1.82, 2.24) is 0 Å². The molecule has 2 aromatic rings. The molecule has 3 N–H and O–H groups in total. The molecule has 0 unspecified atom stereocenters. The number of nitrogens with one attached hydrogen (secondary N) is 1. The summed E-state index contributed by atoms with van der Waals surface area (Å²) >= 11 is 0. The second-order valence-corrected chi connectivity index (χ2v) is 5.29. The molecule has 1 heterocycles. The van der Waals surface area contributed by atoms with E-state index >= 15 is 0 Å². The van der Waals surface area contributed by atoms with Crippen LogP contribution < -0.4 is 15.8 Å². The van der Waals surface area contributed by atoms with E-state index in [1.807, 2.05) is 12.1 Å². The third kappa shape index (κ3) is 2.57. The average Bonchev–Trinajstić information content (AvgIpc) is 2.46. The van der Waals surface area contributed by atoms with Gasteiger partial charge in [0.1, 0.15) is 5.75 Å². The molecule has 0 aromatic heterocycles. The molecule has 3 rings (SSSR count). The maximum Gasteiger partial charge on any atom is 0.122 e. The molecule has 3 heteroatoms. The van der Waals surface area contributed by atoms with Gasteiger partial charge < -0.3 is 15.8 Å². The van der Waals surface area contributed by atoms with Crippen LogP contribution in [0, 0.1) is 6.92 Å². The van der Waals surface area contributed by atoms with Crippen LogP contribution in [-0.2, 0) is 13.0 Å². The molecule has 3 nitrogen and oxygen atoms in total. The first-order valence-corrected chi connectivity index (χ1v) is 7.07. The van der Waals surface area contributed by atoms with Gasteiger partial charge in [0.05, 0.1) is 18.0 Å². The SMILES string of the molecule is Cc1cccc(N)c1NCc1ccc2c(c1)CCCO2. The van der Waals surface area contributed by atoms with Crippen LogP contribution in [0.15, 0.2) is 36.4 Å². The molecular weight excluding hydrogens is 248 g/mol. The predicted molar refractivity (Wildman–Crippen MR) is 83.2 cm³/mol. The Hall–Kier alpha value is -2.16. The van der Waals surface area contributed by atoms with Crippen molar-refractivity contribution in [3.63, 3.8) is 0 Å². The standard InChI is InChI=1S/C17H20N2O/c1-12-4-2-6-15(18)17(12)19-11-13-7-8-16-14(10-13)5-3-9-20-16/h2,4,6-8,10,19H,3,5,9,11,18H2,1H3. The lowest BCUT2D eigenvalue weighted by Crippen LogP contribution is -2.09. The number of benzene rings is 2. The Morgan fingerprint density at radius 2 is 2.15 bits per heavy atom. The molecular formula is C17H20N2O. The minimum absolute atomic E-state index is 0.780. The Bertz CT molecular complexity index is 602. The zero-order chi connectivity index (χ0) is 13.9. The normalized spacial score (nSPS) is 13.4. The molecule has 0 spiro atoms. The number of anilines is 2. The third-order valence-electron chi connectivity index (χ3n) is 3.75. The zero-order valence-electron chi connectivity index (χ0n) is 11.8. The van der Waals surface area contributed by atoms with Crippen molar-refractivity contribution >= 4 is 11.4 Å². The number of hydrogen-bond acceptors (Lipinski definition) is 3. The highest BCUT2D eigenvalue weighted by atomic mass is 16.5. The van der Waals surface area contributed by atoms with Gasteiger partial charge >= 0.3 is 0 Å². The quantitative estimate of drug-likeness (QED) is 0.837. The second kappa shape index (κ2) is 5.45. The molecule has 2 aromatic carbocycles. The van der Waals surface area contributed by atoms with Crippen molar-refractivity contribution in [3.05, 3.63) is 53.1 Å². The van der Waals surface area contributed by atoms with Crippen molar-refractivity contribution in [3.8, 4) is 5.75 Å². The van der Waals surface area contributed by atoms with Gasteiger partial charge in [-0.25, -0.2) is 0 Å². The maximum absolute atomic E-state index is 6.01. The molecule has 1 aliphatic heterocycles. The Labute approximate surface area is 119 Å². The van der Waals surface area contributed by atoms with Crippen LogP contribution >= 0.6 is 0 Å². The van der Waals surface area contributed by atoms with Crippen LogP contribution in [0.3, 0.4) is 0 Å². The molecule has 0 radical (unpaired) electrons. The average molecular weight is 268 g/mol. The summed E-state index contributed by atoms with van der Waals surface area (Å²) in [5.74, 6) is 1.04. The fraction of sp³-hybridized carbons (Fsp3) is 0.294. The van der Waals surface area contributed by atoms with Crippen LogP contribution in [-0.4, -0.2) is 6.61 Å². The molecule has 0 bridgehead atoms. The van der Waals surface area contributed by atoms with Crippen LogP contribution in [0.25, 0.3) is 0 Å². The van der Waals surface area contributed by atoms with Gasteiger partial charge in [-0.1, -0.05) is 24.3 Å². The summed E-state index contributed by atoms with van der Waals surface area (Å²) in [5, 5.41) is 3.44. The summed E-state index contributed by atoms with van der Waals surface area (Å²) < 4.78 is 5.64. The first-order chi connectivity index (χ1) is 9.74. The van der Waals surface area contributed by atoms with E-state index in [0.717, 1.165) is 43.1 Å². The van der Waals surface area contributed by atoms with Gasteiger partial charge in [0, 0.05) is 6.54 Å². The van der Waals surface area contributed by atoms with Gasteiger partial charge in [0.2, 0.25) is 0 Å². The summed E-state index contributed by atoms with van der Waals surface area (Å²) in [6.07, 6.45) is 2.21. The topological polar surface area (TPSA) is 47.3 Å². The second-order valence-electron chi connectivity index (χ2n) is 5.29. The lowest BCUT2D eigenvalue weighted by molar-refractivity contribution is 0.288. The Kier molecular flexibility index (Phi) is 3.50. The minimum Gasteiger partial charge on any atom is -0.493 e. The molecule has 0 amide bonds. The molecule has 20 heavy (non-hydrogen) atoms. The summed E-state index contributed by atoms with van der Waals surface area (Å²) in [7, 11) is 0. The van der Waals surface area contributed by atoms with E-state index in [4.69, 9.17) is 10.5 Å². The highest BCUT2D eigenvalue weighted by Crippen LogP contribution is 2.27. The van der Waals surface area contributed by atoms with Crippen molar-refractivity contribution in [1.29, 1.82) is 0 Å². The number of para-hydroxylation sites is 1. The number of aryl methyl sites for hydroxylation is 2. The van der Waals surface area contributed by atoms with Crippen LogP contribution in [0.1, 0.15) is 23.1 Å². The smallest absolute Gasteiger partial charge is 0.122 e. The summed E-state index contributed by atoms with van der Waals surface area (Å²) in [6, 6.07) is 12.4. The number of ether oxygens (including phenoxy) is 1. The largest absolute Gasteiger partial charge is 0.493 e. The fourth-order valence-corrected chi connectivity index (χ4v) is 2.65. The van der Waals surface area contributed by atoms with Gasteiger partial charge in [0.15, 0.2) is 0 Å². The first kappa shape index (κ1) is 12.9. The lowest BCUT2D eigenvalue weighted by atomic mass is 10.0. The van der Waals surface area contributed by atoms with Crippen molar-refractivity contribution in [2.24, 2.45) is 0 Å². The lowest BCUT2D eigenvalue weighted by Gasteiger charge is -2.18. The van der Waals surface area contributed by atoms with E-state index in [1.54, 1.807) is 0 Å². The highest BCUT2D eigenvalue weighted by molar-refractivity contribution is 5.69. The summed E-state index contributed by atoms with van der Waals surface area (Å²) in [6.45, 7) is 3.69. The summed E-state index contributed by atoms with van der Waals surface area (Å²) in [5.41, 5.74) is 11.6. The van der Waals surface area contributed by atoms with Crippen LogP contribution in [0.4, 0.5) is 11.4 Å². The van der Waals surface area contributed by atoms with Crippen LogP contribution in [0.2, 0.25) is 0 Å². The number of rotatable bonds is 3. The van der Waals surface area contributed by atoms with E-state index in [2.05, 4.69) is 36.5 Å². The monoisotopic (exact) mass is 268 g/mol. The maximum atomic E-state index is 6.01. The number of fused-ring (bicyclic) bond motifs is 1. The first-order valence-electron chi connectivity index (χ1n) is 7.07. The van der Waals surface area contributed by atoms with Gasteiger partial charge in [-0.05, 0) is 48.6 Å². The van der Waals surface area contributed by atoms with Gasteiger partial charge in [-0.3, -0.25) is 0 Å². The van der Waals surface area contributed by atoms with Crippen molar-refractivity contribution < 1.29 is 4.74 Å². The Morgan fingerprint density at radius 1 is 1.25 bits per heavy atom. The molecule has 1 aliphatic rings. The molecule has 104 valence electrons. The number of hydrogen-bond donors (Lipinski definition) is 2.